The van der Waals surface area contributed by atoms with Crippen molar-refractivity contribution in [2.24, 2.45) is 0 Å². The van der Waals surface area contributed by atoms with Gasteiger partial charge in [0.25, 0.3) is 5.91 Å². The Morgan fingerprint density at radius 2 is 1.66 bits per heavy atom. The maximum atomic E-state index is 13.9. The number of halogens is 1. The topological polar surface area (TPSA) is 106 Å². The van der Waals surface area contributed by atoms with Crippen molar-refractivity contribution in [2.45, 2.75) is 26.3 Å². The van der Waals surface area contributed by atoms with Crippen LogP contribution in [0.1, 0.15) is 47.1 Å². The fourth-order valence-electron chi connectivity index (χ4n) is 5.20. The Morgan fingerprint density at radius 3 is 2.39 bits per heavy atom. The molecule has 2 heterocycles. The van der Waals surface area contributed by atoms with Crippen molar-refractivity contribution in [1.82, 2.24) is 15.1 Å². The van der Waals surface area contributed by atoms with Crippen molar-refractivity contribution < 1.29 is 28.8 Å². The highest BCUT2D eigenvalue weighted by molar-refractivity contribution is 6.31. The normalized spacial score (nSPS) is 14.2. The molecule has 1 aromatic heterocycles. The number of nitrogens with one attached hydrogen (secondary N) is 1. The highest BCUT2D eigenvalue weighted by atomic mass is 35.5. The summed E-state index contributed by atoms with van der Waals surface area (Å²) in [6, 6.07) is 15.7. The quantitative estimate of drug-likeness (QED) is 0.224. The molecule has 1 aliphatic heterocycles. The van der Waals surface area contributed by atoms with E-state index in [4.69, 9.17) is 30.5 Å². The predicted molar refractivity (Wildman–Crippen MR) is 156 cm³/mol. The summed E-state index contributed by atoms with van der Waals surface area (Å²) >= 11 is 6.29. The van der Waals surface area contributed by atoms with Crippen LogP contribution in [0.2, 0.25) is 5.02 Å². The number of H-pyrrole nitrogens is 1. The number of carbonyl (C=O) groups is 1. The van der Waals surface area contributed by atoms with Gasteiger partial charge in [-0.05, 0) is 73.9 Å². The van der Waals surface area contributed by atoms with Crippen LogP contribution < -0.4 is 18.9 Å². The Labute approximate surface area is 243 Å². The first-order chi connectivity index (χ1) is 19.9. The van der Waals surface area contributed by atoms with Crippen LogP contribution in [0.15, 0.2) is 54.6 Å². The summed E-state index contributed by atoms with van der Waals surface area (Å²) in [6.07, 6.45) is 0.563. The molecule has 0 radical (unpaired) electrons. The van der Waals surface area contributed by atoms with Gasteiger partial charge in [0.2, 0.25) is 0 Å². The van der Waals surface area contributed by atoms with Crippen LogP contribution in [0.4, 0.5) is 0 Å². The summed E-state index contributed by atoms with van der Waals surface area (Å²) in [7, 11) is 3.19. The Bertz CT molecular complexity index is 1570. The smallest absolute Gasteiger partial charge is 0.273 e. The van der Waals surface area contributed by atoms with Gasteiger partial charge < -0.3 is 29.0 Å². The van der Waals surface area contributed by atoms with Gasteiger partial charge in [-0.1, -0.05) is 23.7 Å². The maximum Gasteiger partial charge on any atom is 0.273 e. The van der Waals surface area contributed by atoms with E-state index >= 15 is 0 Å². The van der Waals surface area contributed by atoms with Crippen molar-refractivity contribution in [2.75, 3.05) is 34.0 Å². The van der Waals surface area contributed by atoms with Gasteiger partial charge in [0.1, 0.15) is 17.1 Å². The number of nitrogens with zero attached hydrogens (tertiary/aromatic N) is 2. The van der Waals surface area contributed by atoms with Crippen LogP contribution in [-0.4, -0.2) is 60.1 Å². The zero-order chi connectivity index (χ0) is 29.1. The second kappa shape index (κ2) is 12.0. The van der Waals surface area contributed by atoms with Crippen LogP contribution in [0.3, 0.4) is 0 Å². The lowest BCUT2D eigenvalue weighted by atomic mass is 9.95. The van der Waals surface area contributed by atoms with Gasteiger partial charge >= 0.3 is 0 Å². The number of phenols is 1. The number of phenolic OH excluding ortho intramolecular Hbond substituents is 1. The molecule has 0 spiro atoms. The first-order valence-corrected chi connectivity index (χ1v) is 13.8. The zero-order valence-corrected chi connectivity index (χ0v) is 24.1. The number of carbonyl (C=O) groups excluding carboxylic acids is 1. The number of amides is 1. The van der Waals surface area contributed by atoms with Gasteiger partial charge in [0.05, 0.1) is 33.5 Å². The minimum absolute atomic E-state index is 0.0142. The van der Waals surface area contributed by atoms with Crippen LogP contribution in [0, 0.1) is 0 Å². The number of fused-ring (bicyclic) bond motifs is 1. The lowest BCUT2D eigenvalue weighted by Gasteiger charge is -2.27. The molecule has 1 atom stereocenters. The van der Waals surface area contributed by atoms with Crippen LogP contribution in [0.5, 0.6) is 28.7 Å². The van der Waals surface area contributed by atoms with Crippen molar-refractivity contribution in [3.63, 3.8) is 0 Å². The molecule has 2 N–H and O–H groups in total. The number of hydrogen-bond donors (Lipinski definition) is 2. The van der Waals surface area contributed by atoms with Crippen LogP contribution in [0.25, 0.3) is 11.3 Å². The van der Waals surface area contributed by atoms with E-state index in [-0.39, 0.29) is 11.7 Å². The van der Waals surface area contributed by atoms with Crippen LogP contribution in [-0.2, 0) is 6.42 Å². The lowest BCUT2D eigenvalue weighted by molar-refractivity contribution is 0.0745. The van der Waals surface area contributed by atoms with Gasteiger partial charge in [-0.3, -0.25) is 9.89 Å². The minimum atomic E-state index is -0.514. The number of aromatic nitrogens is 2. The molecule has 1 amide bonds. The number of aromatic hydroxyl groups is 1. The monoisotopic (exact) mass is 577 g/mol. The van der Waals surface area contributed by atoms with Gasteiger partial charge in [-0.2, -0.15) is 5.10 Å². The fraction of sp³-hybridized carbons (Fsp3) is 0.290. The van der Waals surface area contributed by atoms with E-state index in [1.54, 1.807) is 31.3 Å². The average Bonchev–Trinajstić information content (AvgIpc) is 3.52. The molecule has 0 fully saturated rings. The average molecular weight is 578 g/mol. The lowest BCUT2D eigenvalue weighted by Crippen LogP contribution is -2.31. The summed E-state index contributed by atoms with van der Waals surface area (Å²) in [6.45, 7) is 5.17. The van der Waals surface area contributed by atoms with E-state index in [1.807, 2.05) is 50.2 Å². The number of benzene rings is 3. The molecular weight excluding hydrogens is 546 g/mol. The largest absolute Gasteiger partial charge is 0.507 e. The molecule has 10 heteroatoms. The molecule has 4 aromatic rings. The second-order valence-corrected chi connectivity index (χ2v) is 9.87. The summed E-state index contributed by atoms with van der Waals surface area (Å²) < 4.78 is 22.5. The second-order valence-electron chi connectivity index (χ2n) is 9.43. The fourth-order valence-corrected chi connectivity index (χ4v) is 5.37. The summed E-state index contributed by atoms with van der Waals surface area (Å²) in [5.74, 6) is 2.28. The molecule has 0 saturated heterocycles. The van der Waals surface area contributed by atoms with E-state index < -0.39 is 6.04 Å². The third kappa shape index (κ3) is 5.37. The van der Waals surface area contributed by atoms with Gasteiger partial charge in [0, 0.05) is 22.7 Å². The van der Waals surface area contributed by atoms with Crippen molar-refractivity contribution in [1.29, 1.82) is 0 Å². The number of aromatic amines is 1. The van der Waals surface area contributed by atoms with E-state index in [0.717, 1.165) is 11.1 Å². The molecule has 0 saturated carbocycles. The molecule has 1 unspecified atom stereocenters. The molecule has 9 nitrogen and oxygen atoms in total. The maximum absolute atomic E-state index is 13.9. The number of rotatable bonds is 11. The van der Waals surface area contributed by atoms with Gasteiger partial charge in [-0.25, -0.2) is 0 Å². The van der Waals surface area contributed by atoms with E-state index in [9.17, 15) is 9.90 Å². The van der Waals surface area contributed by atoms with E-state index in [1.165, 1.54) is 6.07 Å². The van der Waals surface area contributed by atoms with E-state index in [0.29, 0.717) is 76.7 Å². The number of hydrogen-bond acceptors (Lipinski definition) is 7. The SMILES string of the molecule is CCOc1ccc(C2c3c(-c4cc(Cl)ccc4O)n[nH]c3C(=O)N2CCc2ccc(OC)c(OC)c2)cc1OCC. The molecule has 3 aromatic carbocycles. The summed E-state index contributed by atoms with van der Waals surface area (Å²) in [5, 5.41) is 18.5. The van der Waals surface area contributed by atoms with Crippen molar-refractivity contribution >= 4 is 17.5 Å². The van der Waals surface area contributed by atoms with E-state index in [2.05, 4.69) is 10.2 Å². The standard InChI is InChI=1S/C31H32ClN3O6/c1-5-40-24-12-8-19(16-26(24)41-6-2)30-27-28(21-17-20(32)9-10-22(21)36)33-34-29(27)31(37)35(30)14-13-18-7-11-23(38-3)25(15-18)39-4/h7-12,15-17,30,36H,5-6,13-14H2,1-4H3,(H,33,34). The Morgan fingerprint density at radius 1 is 0.927 bits per heavy atom. The van der Waals surface area contributed by atoms with Crippen molar-refractivity contribution in [3.05, 3.63) is 82.0 Å². The van der Waals surface area contributed by atoms with Gasteiger partial charge in [0.15, 0.2) is 23.0 Å². The first-order valence-electron chi connectivity index (χ1n) is 13.4. The number of ether oxygens (including phenoxy) is 4. The van der Waals surface area contributed by atoms with Gasteiger partial charge in [-0.15, -0.1) is 0 Å². The molecule has 41 heavy (non-hydrogen) atoms. The number of methoxy groups -OCH3 is 2. The molecule has 214 valence electrons. The third-order valence-corrected chi connectivity index (χ3v) is 7.29. The summed E-state index contributed by atoms with van der Waals surface area (Å²) in [5.41, 5.74) is 3.72. The molecule has 1 aliphatic rings. The third-order valence-electron chi connectivity index (χ3n) is 7.05. The Balaban J connectivity index is 1.59. The van der Waals surface area contributed by atoms with Crippen molar-refractivity contribution in [3.8, 4) is 40.0 Å². The Kier molecular flexibility index (Phi) is 8.26. The first kappa shape index (κ1) is 28.2. The van der Waals surface area contributed by atoms with Crippen LogP contribution >= 0.6 is 11.6 Å². The molecule has 5 rings (SSSR count). The minimum Gasteiger partial charge on any atom is -0.507 e. The highest BCUT2D eigenvalue weighted by Crippen LogP contribution is 2.46. The highest BCUT2D eigenvalue weighted by Gasteiger charge is 2.42. The molecule has 0 bridgehead atoms. The predicted octanol–water partition coefficient (Wildman–Crippen LogP) is 6.04. The Hall–Kier alpha value is -4.37. The zero-order valence-electron chi connectivity index (χ0n) is 23.4. The molecular formula is C31H32ClN3O6. The molecule has 0 aliphatic carbocycles. The summed E-state index contributed by atoms with van der Waals surface area (Å²) in [4.78, 5) is 15.7.